The highest BCUT2D eigenvalue weighted by Gasteiger charge is 2.20. The standard InChI is InChI=1S/C13H23NO3/c1-10(8-12(15)16)9-14-13(17)11-6-4-2-3-5-7-11/h10-11H,2-9H2,1H3,(H,14,17)(H,15,16)/t10-/m1/s1. The first-order valence-electron chi connectivity index (χ1n) is 6.59. The van der Waals surface area contributed by atoms with Gasteiger partial charge >= 0.3 is 5.97 Å². The van der Waals surface area contributed by atoms with Crippen molar-refractivity contribution in [2.75, 3.05) is 6.54 Å². The lowest BCUT2D eigenvalue weighted by molar-refractivity contribution is -0.138. The molecule has 0 aromatic rings. The predicted molar refractivity (Wildman–Crippen MR) is 65.6 cm³/mol. The van der Waals surface area contributed by atoms with Crippen molar-refractivity contribution in [3.63, 3.8) is 0 Å². The maximum absolute atomic E-state index is 11.9. The molecule has 1 aliphatic carbocycles. The Morgan fingerprint density at radius 3 is 2.35 bits per heavy atom. The van der Waals surface area contributed by atoms with E-state index >= 15 is 0 Å². The number of carboxylic acids is 1. The number of hydrogen-bond acceptors (Lipinski definition) is 2. The third-order valence-corrected chi connectivity index (χ3v) is 3.37. The number of carboxylic acid groups (broad SMARTS) is 1. The van der Waals surface area contributed by atoms with Gasteiger partial charge in [-0.05, 0) is 18.8 Å². The molecule has 1 rings (SSSR count). The first-order valence-corrected chi connectivity index (χ1v) is 6.59. The van der Waals surface area contributed by atoms with E-state index in [1.54, 1.807) is 0 Å². The predicted octanol–water partition coefficient (Wildman–Crippen LogP) is 2.18. The van der Waals surface area contributed by atoms with Gasteiger partial charge in [0.2, 0.25) is 5.91 Å². The quantitative estimate of drug-likeness (QED) is 0.725. The topological polar surface area (TPSA) is 66.4 Å². The van der Waals surface area contributed by atoms with E-state index < -0.39 is 5.97 Å². The van der Waals surface area contributed by atoms with Crippen molar-refractivity contribution >= 4 is 11.9 Å². The number of carbonyl (C=O) groups is 2. The second kappa shape index (κ2) is 7.30. The van der Waals surface area contributed by atoms with Crippen LogP contribution in [0.3, 0.4) is 0 Å². The highest BCUT2D eigenvalue weighted by molar-refractivity contribution is 5.78. The van der Waals surface area contributed by atoms with E-state index in [9.17, 15) is 9.59 Å². The van der Waals surface area contributed by atoms with E-state index in [1.807, 2.05) is 6.92 Å². The Hall–Kier alpha value is -1.06. The lowest BCUT2D eigenvalue weighted by Crippen LogP contribution is -2.34. The van der Waals surface area contributed by atoms with Gasteiger partial charge in [-0.3, -0.25) is 9.59 Å². The average molecular weight is 241 g/mol. The molecule has 1 amide bonds. The minimum atomic E-state index is -0.804. The van der Waals surface area contributed by atoms with Crippen LogP contribution in [0.25, 0.3) is 0 Å². The summed E-state index contributed by atoms with van der Waals surface area (Å²) in [6, 6.07) is 0. The van der Waals surface area contributed by atoms with E-state index in [0.29, 0.717) is 6.54 Å². The Bertz CT molecular complexity index is 257. The summed E-state index contributed by atoms with van der Waals surface area (Å²) < 4.78 is 0. The van der Waals surface area contributed by atoms with Crippen LogP contribution in [-0.2, 0) is 9.59 Å². The minimum Gasteiger partial charge on any atom is -0.481 e. The van der Waals surface area contributed by atoms with E-state index in [2.05, 4.69) is 5.32 Å². The third-order valence-electron chi connectivity index (χ3n) is 3.37. The lowest BCUT2D eigenvalue weighted by Gasteiger charge is -2.16. The summed E-state index contributed by atoms with van der Waals surface area (Å²) in [5, 5.41) is 11.5. The Labute approximate surface area is 103 Å². The second-order valence-electron chi connectivity index (χ2n) is 5.14. The van der Waals surface area contributed by atoms with Crippen LogP contribution in [0.4, 0.5) is 0 Å². The van der Waals surface area contributed by atoms with Crippen LogP contribution < -0.4 is 5.32 Å². The fraction of sp³-hybridized carbons (Fsp3) is 0.846. The van der Waals surface area contributed by atoms with E-state index in [-0.39, 0.29) is 24.2 Å². The first kappa shape index (κ1) is 14.0. The van der Waals surface area contributed by atoms with Gasteiger partial charge in [-0.25, -0.2) is 0 Å². The zero-order valence-corrected chi connectivity index (χ0v) is 10.6. The largest absolute Gasteiger partial charge is 0.481 e. The zero-order valence-electron chi connectivity index (χ0n) is 10.6. The van der Waals surface area contributed by atoms with Gasteiger partial charge in [-0.15, -0.1) is 0 Å². The molecular weight excluding hydrogens is 218 g/mol. The van der Waals surface area contributed by atoms with Gasteiger partial charge in [-0.2, -0.15) is 0 Å². The number of nitrogens with one attached hydrogen (secondary N) is 1. The Morgan fingerprint density at radius 1 is 1.24 bits per heavy atom. The minimum absolute atomic E-state index is 0.00206. The first-order chi connectivity index (χ1) is 8.09. The van der Waals surface area contributed by atoms with Crippen LogP contribution in [0.2, 0.25) is 0 Å². The normalized spacial score (nSPS) is 19.4. The molecule has 0 spiro atoms. The van der Waals surface area contributed by atoms with Gasteiger partial charge < -0.3 is 10.4 Å². The number of rotatable bonds is 5. The van der Waals surface area contributed by atoms with Gasteiger partial charge in [-0.1, -0.05) is 32.6 Å². The van der Waals surface area contributed by atoms with Crippen LogP contribution in [0.15, 0.2) is 0 Å². The van der Waals surface area contributed by atoms with E-state index in [0.717, 1.165) is 25.7 Å². The molecule has 2 N–H and O–H groups in total. The molecule has 4 heteroatoms. The van der Waals surface area contributed by atoms with E-state index in [1.165, 1.54) is 12.8 Å². The molecule has 17 heavy (non-hydrogen) atoms. The fourth-order valence-corrected chi connectivity index (χ4v) is 2.33. The molecule has 4 nitrogen and oxygen atoms in total. The summed E-state index contributed by atoms with van der Waals surface area (Å²) in [5.74, 6) is -0.540. The maximum Gasteiger partial charge on any atom is 0.303 e. The van der Waals surface area contributed by atoms with Crippen molar-refractivity contribution < 1.29 is 14.7 Å². The Kier molecular flexibility index (Phi) is 6.01. The van der Waals surface area contributed by atoms with Crippen LogP contribution in [0.1, 0.15) is 51.9 Å². The molecule has 0 aromatic heterocycles. The highest BCUT2D eigenvalue weighted by Crippen LogP contribution is 2.22. The summed E-state index contributed by atoms with van der Waals surface area (Å²) in [4.78, 5) is 22.4. The van der Waals surface area contributed by atoms with Crippen molar-refractivity contribution in [1.29, 1.82) is 0 Å². The monoisotopic (exact) mass is 241 g/mol. The second-order valence-corrected chi connectivity index (χ2v) is 5.14. The van der Waals surface area contributed by atoms with Crippen LogP contribution in [-0.4, -0.2) is 23.5 Å². The third kappa shape index (κ3) is 5.71. The molecule has 1 fully saturated rings. The van der Waals surface area contributed by atoms with Gasteiger partial charge in [0.1, 0.15) is 0 Å². The number of carbonyl (C=O) groups excluding carboxylic acids is 1. The van der Waals surface area contributed by atoms with Gasteiger partial charge in [0.15, 0.2) is 0 Å². The summed E-state index contributed by atoms with van der Waals surface area (Å²) in [6.45, 7) is 2.32. The Balaban J connectivity index is 2.25. The summed E-state index contributed by atoms with van der Waals surface area (Å²) in [6.07, 6.45) is 6.84. The van der Waals surface area contributed by atoms with Crippen LogP contribution >= 0.6 is 0 Å². The molecule has 0 aromatic carbocycles. The number of aliphatic carboxylic acids is 1. The molecule has 0 aliphatic heterocycles. The summed E-state index contributed by atoms with van der Waals surface area (Å²) >= 11 is 0. The smallest absolute Gasteiger partial charge is 0.303 e. The molecule has 0 bridgehead atoms. The molecule has 1 aliphatic rings. The van der Waals surface area contributed by atoms with Crippen molar-refractivity contribution in [3.8, 4) is 0 Å². The van der Waals surface area contributed by atoms with Gasteiger partial charge in [0, 0.05) is 18.9 Å². The Morgan fingerprint density at radius 2 is 1.82 bits per heavy atom. The molecule has 0 saturated heterocycles. The van der Waals surface area contributed by atoms with E-state index in [4.69, 9.17) is 5.11 Å². The van der Waals surface area contributed by atoms with Crippen molar-refractivity contribution in [3.05, 3.63) is 0 Å². The summed E-state index contributed by atoms with van der Waals surface area (Å²) in [7, 11) is 0. The van der Waals surface area contributed by atoms with Crippen molar-refractivity contribution in [2.45, 2.75) is 51.9 Å². The number of hydrogen-bond donors (Lipinski definition) is 2. The lowest BCUT2D eigenvalue weighted by atomic mass is 9.99. The van der Waals surface area contributed by atoms with Gasteiger partial charge in [0.25, 0.3) is 0 Å². The molecule has 1 saturated carbocycles. The molecule has 0 radical (unpaired) electrons. The number of amides is 1. The maximum atomic E-state index is 11.9. The summed E-state index contributed by atoms with van der Waals surface area (Å²) in [5.41, 5.74) is 0. The molecule has 0 heterocycles. The zero-order chi connectivity index (χ0) is 12.7. The van der Waals surface area contributed by atoms with Gasteiger partial charge in [0.05, 0.1) is 0 Å². The van der Waals surface area contributed by atoms with Crippen LogP contribution in [0.5, 0.6) is 0 Å². The SMILES string of the molecule is C[C@@H](CNC(=O)C1CCCCCC1)CC(=O)O. The molecular formula is C13H23NO3. The molecule has 0 unspecified atom stereocenters. The highest BCUT2D eigenvalue weighted by atomic mass is 16.4. The molecule has 1 atom stereocenters. The molecule has 98 valence electrons. The van der Waals surface area contributed by atoms with Crippen molar-refractivity contribution in [2.24, 2.45) is 11.8 Å². The van der Waals surface area contributed by atoms with Crippen LogP contribution in [0, 0.1) is 11.8 Å². The van der Waals surface area contributed by atoms with Crippen molar-refractivity contribution in [1.82, 2.24) is 5.32 Å². The average Bonchev–Trinajstić information content (AvgIpc) is 2.53. The fourth-order valence-electron chi connectivity index (χ4n) is 2.33.